The van der Waals surface area contributed by atoms with E-state index >= 15 is 0 Å². The average Bonchev–Trinajstić information content (AvgIpc) is 2.29. The number of hydrogen-bond donors (Lipinski definition) is 3. The largest absolute Gasteiger partial charge is 0.476 e. The first kappa shape index (κ1) is 15.5. The van der Waals surface area contributed by atoms with E-state index in [0.29, 0.717) is 5.69 Å². The molecule has 0 unspecified atom stereocenters. The summed E-state index contributed by atoms with van der Waals surface area (Å²) < 4.78 is 5.07. The molecule has 0 atom stereocenters. The lowest BCUT2D eigenvalue weighted by atomic mass is 10.1. The lowest BCUT2D eigenvalue weighted by molar-refractivity contribution is -0.129. The molecule has 108 valence electrons. The number of aliphatic carboxylic acids is 1. The second-order valence-electron chi connectivity index (χ2n) is 4.96. The quantitative estimate of drug-likeness (QED) is 0.447. The Morgan fingerprint density at radius 3 is 2.15 bits per heavy atom. The van der Waals surface area contributed by atoms with Gasteiger partial charge >= 0.3 is 12.1 Å². The highest BCUT2D eigenvalue weighted by Gasteiger charge is 2.17. The molecule has 0 aliphatic carbocycles. The van der Waals surface area contributed by atoms with Crippen molar-refractivity contribution in [3.63, 3.8) is 0 Å². The number of hydrogen-bond acceptors (Lipinski definition) is 5. The van der Waals surface area contributed by atoms with Gasteiger partial charge in [0.15, 0.2) is 5.71 Å². The van der Waals surface area contributed by atoms with E-state index in [9.17, 15) is 9.59 Å². The van der Waals surface area contributed by atoms with E-state index in [4.69, 9.17) is 15.1 Å². The highest BCUT2D eigenvalue weighted by molar-refractivity contribution is 6.42. The van der Waals surface area contributed by atoms with Crippen LogP contribution in [0.1, 0.15) is 26.3 Å². The molecule has 0 aromatic heterocycles. The molecule has 0 fully saturated rings. The number of amides is 1. The van der Waals surface area contributed by atoms with Crippen molar-refractivity contribution in [1.82, 2.24) is 0 Å². The molecule has 3 N–H and O–H groups in total. The Bertz CT molecular complexity index is 529. The number of nitrogens with zero attached hydrogens (tertiary/aromatic N) is 1. The number of ether oxygens (including phenoxy) is 1. The van der Waals surface area contributed by atoms with Crippen molar-refractivity contribution in [1.29, 1.82) is 0 Å². The maximum absolute atomic E-state index is 11.5. The number of carboxylic acids is 1. The molecule has 0 aliphatic heterocycles. The third-order valence-electron chi connectivity index (χ3n) is 2.11. The lowest BCUT2D eigenvalue weighted by Gasteiger charge is -2.19. The highest BCUT2D eigenvalue weighted by atomic mass is 16.6. The van der Waals surface area contributed by atoms with Crippen molar-refractivity contribution in [3.05, 3.63) is 29.8 Å². The van der Waals surface area contributed by atoms with Crippen LogP contribution in [0.2, 0.25) is 0 Å². The van der Waals surface area contributed by atoms with Crippen LogP contribution >= 0.6 is 0 Å². The van der Waals surface area contributed by atoms with Gasteiger partial charge in [0, 0.05) is 11.3 Å². The number of carboxylic acid groups (broad SMARTS) is 1. The van der Waals surface area contributed by atoms with Gasteiger partial charge in [0.25, 0.3) is 0 Å². The molecule has 7 nitrogen and oxygen atoms in total. The number of oxime groups is 1. The van der Waals surface area contributed by atoms with Crippen molar-refractivity contribution in [2.45, 2.75) is 26.4 Å². The van der Waals surface area contributed by atoms with Crippen molar-refractivity contribution in [2.75, 3.05) is 5.32 Å². The van der Waals surface area contributed by atoms with Crippen molar-refractivity contribution >= 4 is 23.5 Å². The van der Waals surface area contributed by atoms with Crippen LogP contribution in [0.25, 0.3) is 0 Å². The van der Waals surface area contributed by atoms with Crippen molar-refractivity contribution in [2.24, 2.45) is 5.16 Å². The third kappa shape index (κ3) is 4.60. The minimum atomic E-state index is -1.35. The minimum Gasteiger partial charge on any atom is -0.476 e. The summed E-state index contributed by atoms with van der Waals surface area (Å²) in [5.74, 6) is -1.35. The summed E-state index contributed by atoms with van der Waals surface area (Å²) in [4.78, 5) is 22.3. The highest BCUT2D eigenvalue weighted by Crippen LogP contribution is 2.13. The molecule has 1 rings (SSSR count). The molecule has 0 bridgehead atoms. The molecule has 0 saturated heterocycles. The molecule has 0 radical (unpaired) electrons. The van der Waals surface area contributed by atoms with E-state index < -0.39 is 23.4 Å². The molecule has 1 aromatic rings. The topological polar surface area (TPSA) is 108 Å². The predicted molar refractivity (Wildman–Crippen MR) is 72.3 cm³/mol. The first-order valence-electron chi connectivity index (χ1n) is 5.79. The zero-order valence-electron chi connectivity index (χ0n) is 11.4. The minimum absolute atomic E-state index is 0.217. The Kier molecular flexibility index (Phi) is 4.68. The summed E-state index contributed by atoms with van der Waals surface area (Å²) in [5.41, 5.74) is -0.432. The molecule has 1 amide bonds. The Morgan fingerprint density at radius 2 is 1.75 bits per heavy atom. The Labute approximate surface area is 115 Å². The summed E-state index contributed by atoms with van der Waals surface area (Å²) in [6, 6.07) is 5.78. The predicted octanol–water partition coefficient (Wildman–Crippen LogP) is 2.30. The number of nitrogens with one attached hydrogen (secondary N) is 1. The van der Waals surface area contributed by atoms with E-state index in [0.717, 1.165) is 0 Å². The van der Waals surface area contributed by atoms with E-state index in [1.165, 1.54) is 24.3 Å². The van der Waals surface area contributed by atoms with E-state index in [-0.39, 0.29) is 5.56 Å². The van der Waals surface area contributed by atoms with E-state index in [1.807, 2.05) is 0 Å². The van der Waals surface area contributed by atoms with Gasteiger partial charge < -0.3 is 15.1 Å². The van der Waals surface area contributed by atoms with E-state index in [1.54, 1.807) is 20.8 Å². The van der Waals surface area contributed by atoms with Crippen LogP contribution in [0.15, 0.2) is 29.4 Å². The molecular formula is C13H16N2O5. The molecular weight excluding hydrogens is 264 g/mol. The van der Waals surface area contributed by atoms with Crippen LogP contribution in [0.5, 0.6) is 0 Å². The summed E-state index contributed by atoms with van der Waals surface area (Å²) >= 11 is 0. The SMILES string of the molecule is CC(C)(C)OC(=O)Nc1ccc(/C(=N/O)C(=O)O)cc1. The summed E-state index contributed by atoms with van der Waals surface area (Å²) in [6.07, 6.45) is -0.612. The van der Waals surface area contributed by atoms with Crippen molar-refractivity contribution < 1.29 is 24.6 Å². The molecule has 0 saturated carbocycles. The van der Waals surface area contributed by atoms with Gasteiger partial charge in [-0.25, -0.2) is 9.59 Å². The first-order chi connectivity index (χ1) is 9.23. The summed E-state index contributed by atoms with van der Waals surface area (Å²) in [7, 11) is 0. The number of benzene rings is 1. The molecule has 7 heteroatoms. The van der Waals surface area contributed by atoms with Gasteiger partial charge in [-0.05, 0) is 32.9 Å². The standard InChI is InChI=1S/C13H16N2O5/c1-13(2,3)20-12(18)14-9-6-4-8(5-7-9)10(15-19)11(16)17/h4-7,19H,1-3H3,(H,14,18)(H,16,17)/b15-10-. The molecule has 0 aliphatic rings. The van der Waals surface area contributed by atoms with Crippen LogP contribution in [0, 0.1) is 0 Å². The Balaban J connectivity index is 2.77. The Hall–Kier alpha value is -2.57. The second kappa shape index (κ2) is 6.05. The number of carbonyl (C=O) groups excluding carboxylic acids is 1. The van der Waals surface area contributed by atoms with Crippen LogP contribution < -0.4 is 5.32 Å². The molecule has 0 spiro atoms. The molecule has 1 aromatic carbocycles. The summed E-state index contributed by atoms with van der Waals surface area (Å²) in [6.45, 7) is 5.23. The number of rotatable bonds is 3. The lowest BCUT2D eigenvalue weighted by Crippen LogP contribution is -2.27. The van der Waals surface area contributed by atoms with Crippen LogP contribution in [-0.2, 0) is 9.53 Å². The average molecular weight is 280 g/mol. The van der Waals surface area contributed by atoms with Gasteiger partial charge in [-0.3, -0.25) is 5.32 Å². The van der Waals surface area contributed by atoms with Crippen LogP contribution in [-0.4, -0.2) is 33.7 Å². The second-order valence-corrected chi connectivity index (χ2v) is 4.96. The van der Waals surface area contributed by atoms with Gasteiger partial charge in [-0.1, -0.05) is 17.3 Å². The van der Waals surface area contributed by atoms with E-state index in [2.05, 4.69) is 10.5 Å². The fourth-order valence-corrected chi connectivity index (χ4v) is 1.36. The van der Waals surface area contributed by atoms with Gasteiger partial charge in [0.1, 0.15) is 5.60 Å². The molecule has 20 heavy (non-hydrogen) atoms. The molecule has 0 heterocycles. The number of anilines is 1. The van der Waals surface area contributed by atoms with Crippen molar-refractivity contribution in [3.8, 4) is 0 Å². The van der Waals surface area contributed by atoms with Gasteiger partial charge in [0.05, 0.1) is 0 Å². The fourth-order valence-electron chi connectivity index (χ4n) is 1.36. The summed E-state index contributed by atoms with van der Waals surface area (Å²) in [5, 5.41) is 22.6. The van der Waals surface area contributed by atoms with Gasteiger partial charge in [-0.15, -0.1) is 0 Å². The van der Waals surface area contributed by atoms with Gasteiger partial charge in [0.2, 0.25) is 0 Å². The van der Waals surface area contributed by atoms with Crippen LogP contribution in [0.3, 0.4) is 0 Å². The third-order valence-corrected chi connectivity index (χ3v) is 2.11. The fraction of sp³-hybridized carbons (Fsp3) is 0.308. The normalized spacial score (nSPS) is 11.8. The van der Waals surface area contributed by atoms with Crippen LogP contribution in [0.4, 0.5) is 10.5 Å². The van der Waals surface area contributed by atoms with Gasteiger partial charge in [-0.2, -0.15) is 0 Å². The zero-order chi connectivity index (χ0) is 15.3. The maximum Gasteiger partial charge on any atom is 0.412 e. The smallest absolute Gasteiger partial charge is 0.412 e. The number of carbonyl (C=O) groups is 2. The zero-order valence-corrected chi connectivity index (χ0v) is 11.4. The Morgan fingerprint density at radius 1 is 1.20 bits per heavy atom. The maximum atomic E-state index is 11.5. The first-order valence-corrected chi connectivity index (χ1v) is 5.79. The monoisotopic (exact) mass is 280 g/mol.